The van der Waals surface area contributed by atoms with Crippen LogP contribution in [0.15, 0.2) is 12.1 Å². The van der Waals surface area contributed by atoms with Crippen LogP contribution in [0.1, 0.15) is 11.4 Å². The lowest BCUT2D eigenvalue weighted by atomic mass is 10.3. The van der Waals surface area contributed by atoms with E-state index in [1.165, 1.54) is 0 Å². The normalized spacial score (nSPS) is 10.1. The largest absolute Gasteiger partial charge is 0.506 e. The van der Waals surface area contributed by atoms with Gasteiger partial charge in [0.25, 0.3) is 0 Å². The second-order valence-electron chi connectivity index (χ2n) is 2.92. The summed E-state index contributed by atoms with van der Waals surface area (Å²) in [6, 6.07) is 3.23. The molecule has 76 valence electrons. The monoisotopic (exact) mass is 196 g/mol. The summed E-state index contributed by atoms with van der Waals surface area (Å²) in [5.41, 5.74) is 1.25. The fraction of sp³-hybridized carbons (Fsp3) is 0.333. The Morgan fingerprint density at radius 2 is 2.29 bits per heavy atom. The third kappa shape index (κ3) is 3.02. The van der Waals surface area contributed by atoms with E-state index in [4.69, 9.17) is 5.11 Å². The number of aromatic nitrogens is 1. The Bertz CT molecular complexity index is 339. The smallest absolute Gasteiger partial charge is 0.317 e. The molecule has 1 heterocycles. The van der Waals surface area contributed by atoms with Crippen LogP contribution in [0, 0.1) is 6.92 Å². The van der Waals surface area contributed by atoms with Gasteiger partial charge >= 0.3 is 5.97 Å². The Morgan fingerprint density at radius 3 is 2.93 bits per heavy atom. The third-order valence-corrected chi connectivity index (χ3v) is 1.66. The van der Waals surface area contributed by atoms with Gasteiger partial charge in [-0.25, -0.2) is 0 Å². The molecule has 0 atom stereocenters. The molecule has 1 rings (SSSR count). The van der Waals surface area contributed by atoms with Gasteiger partial charge in [0.1, 0.15) is 5.75 Å². The fourth-order valence-corrected chi connectivity index (χ4v) is 1.02. The lowest BCUT2D eigenvalue weighted by molar-refractivity contribution is -0.136. The molecule has 0 fully saturated rings. The van der Waals surface area contributed by atoms with Crippen molar-refractivity contribution in [3.63, 3.8) is 0 Å². The number of hydrogen-bond donors (Lipinski definition) is 3. The van der Waals surface area contributed by atoms with E-state index in [1.54, 1.807) is 19.1 Å². The van der Waals surface area contributed by atoms with E-state index in [0.717, 1.165) is 5.69 Å². The first-order valence-corrected chi connectivity index (χ1v) is 4.17. The molecule has 0 unspecified atom stereocenters. The minimum atomic E-state index is -0.933. The van der Waals surface area contributed by atoms with Crippen molar-refractivity contribution in [1.29, 1.82) is 0 Å². The number of aromatic hydroxyl groups is 1. The maximum atomic E-state index is 10.2. The highest BCUT2D eigenvalue weighted by atomic mass is 16.4. The van der Waals surface area contributed by atoms with Crippen LogP contribution in [0.3, 0.4) is 0 Å². The Morgan fingerprint density at radius 1 is 1.57 bits per heavy atom. The summed E-state index contributed by atoms with van der Waals surface area (Å²) in [7, 11) is 0. The molecule has 0 aliphatic rings. The molecule has 0 saturated carbocycles. The number of pyridine rings is 1. The van der Waals surface area contributed by atoms with Crippen molar-refractivity contribution in [2.24, 2.45) is 0 Å². The van der Waals surface area contributed by atoms with Crippen molar-refractivity contribution >= 4 is 5.97 Å². The number of carboxylic acid groups (broad SMARTS) is 1. The van der Waals surface area contributed by atoms with E-state index in [2.05, 4.69) is 10.3 Å². The molecule has 0 aliphatic heterocycles. The Kier molecular flexibility index (Phi) is 3.41. The maximum Gasteiger partial charge on any atom is 0.317 e. The van der Waals surface area contributed by atoms with E-state index in [-0.39, 0.29) is 18.8 Å². The van der Waals surface area contributed by atoms with Crippen LogP contribution in [0.5, 0.6) is 5.75 Å². The van der Waals surface area contributed by atoms with Crippen LogP contribution in [0.2, 0.25) is 0 Å². The van der Waals surface area contributed by atoms with Gasteiger partial charge < -0.3 is 15.5 Å². The van der Waals surface area contributed by atoms with E-state index >= 15 is 0 Å². The van der Waals surface area contributed by atoms with Gasteiger partial charge in [-0.2, -0.15) is 0 Å². The van der Waals surface area contributed by atoms with Gasteiger partial charge in [0, 0.05) is 12.2 Å². The summed E-state index contributed by atoms with van der Waals surface area (Å²) in [6.45, 7) is 1.91. The zero-order valence-electron chi connectivity index (χ0n) is 7.82. The third-order valence-electron chi connectivity index (χ3n) is 1.66. The molecule has 1 aromatic rings. The molecular weight excluding hydrogens is 184 g/mol. The van der Waals surface area contributed by atoms with Gasteiger partial charge in [-0.1, -0.05) is 0 Å². The highest BCUT2D eigenvalue weighted by Crippen LogP contribution is 2.13. The van der Waals surface area contributed by atoms with Gasteiger partial charge in [0.05, 0.1) is 12.2 Å². The standard InChI is InChI=1S/C9H12N2O3/c1-6-2-3-8(12)7(11-6)4-10-5-9(13)14/h2-3,10,12H,4-5H2,1H3,(H,13,14). The van der Waals surface area contributed by atoms with Crippen LogP contribution in [0.4, 0.5) is 0 Å². The number of aliphatic carboxylic acids is 1. The number of hydrogen-bond acceptors (Lipinski definition) is 4. The minimum Gasteiger partial charge on any atom is -0.506 e. The van der Waals surface area contributed by atoms with Crippen molar-refractivity contribution in [3.05, 3.63) is 23.5 Å². The summed E-state index contributed by atoms with van der Waals surface area (Å²) in [5.74, 6) is -0.856. The lowest BCUT2D eigenvalue weighted by Crippen LogP contribution is -2.22. The number of carbonyl (C=O) groups is 1. The Labute approximate surface area is 81.4 Å². The predicted molar refractivity (Wildman–Crippen MR) is 50.0 cm³/mol. The number of nitrogens with one attached hydrogen (secondary N) is 1. The quantitative estimate of drug-likeness (QED) is 0.643. The van der Waals surface area contributed by atoms with E-state index in [0.29, 0.717) is 5.69 Å². The summed E-state index contributed by atoms with van der Waals surface area (Å²) in [6.07, 6.45) is 0. The van der Waals surface area contributed by atoms with Crippen LogP contribution in [0.25, 0.3) is 0 Å². The molecule has 5 heteroatoms. The molecule has 0 bridgehead atoms. The van der Waals surface area contributed by atoms with Crippen molar-refractivity contribution in [2.75, 3.05) is 6.54 Å². The Balaban J connectivity index is 2.57. The molecule has 3 N–H and O–H groups in total. The van der Waals surface area contributed by atoms with Crippen LogP contribution in [-0.2, 0) is 11.3 Å². The van der Waals surface area contributed by atoms with Gasteiger partial charge in [-0.05, 0) is 19.1 Å². The number of carboxylic acids is 1. The maximum absolute atomic E-state index is 10.2. The van der Waals surface area contributed by atoms with Crippen LogP contribution < -0.4 is 5.32 Å². The number of nitrogens with zero attached hydrogens (tertiary/aromatic N) is 1. The highest BCUT2D eigenvalue weighted by Gasteiger charge is 2.03. The number of aryl methyl sites for hydroxylation is 1. The average Bonchev–Trinajstić information content (AvgIpc) is 2.10. The molecule has 1 aromatic heterocycles. The predicted octanol–water partition coefficient (Wildman–Crippen LogP) is 0.270. The van der Waals surface area contributed by atoms with E-state index in [9.17, 15) is 9.90 Å². The number of rotatable bonds is 4. The molecule has 0 saturated heterocycles. The summed E-state index contributed by atoms with van der Waals surface area (Å²) < 4.78 is 0. The SMILES string of the molecule is Cc1ccc(O)c(CNCC(=O)O)n1. The first-order chi connectivity index (χ1) is 6.59. The van der Waals surface area contributed by atoms with Crippen molar-refractivity contribution in [2.45, 2.75) is 13.5 Å². The summed E-state index contributed by atoms with van der Waals surface area (Å²) >= 11 is 0. The minimum absolute atomic E-state index is 0.0773. The molecular formula is C9H12N2O3. The highest BCUT2D eigenvalue weighted by molar-refractivity contribution is 5.68. The fourth-order valence-electron chi connectivity index (χ4n) is 1.02. The van der Waals surface area contributed by atoms with E-state index < -0.39 is 5.97 Å². The van der Waals surface area contributed by atoms with Gasteiger partial charge in [-0.3, -0.25) is 9.78 Å². The van der Waals surface area contributed by atoms with Crippen molar-refractivity contribution in [3.8, 4) is 5.75 Å². The molecule has 0 spiro atoms. The topological polar surface area (TPSA) is 82.5 Å². The van der Waals surface area contributed by atoms with Crippen molar-refractivity contribution in [1.82, 2.24) is 10.3 Å². The van der Waals surface area contributed by atoms with Gasteiger partial charge in [-0.15, -0.1) is 0 Å². The second kappa shape index (κ2) is 4.57. The first kappa shape index (κ1) is 10.5. The van der Waals surface area contributed by atoms with Crippen molar-refractivity contribution < 1.29 is 15.0 Å². The molecule has 0 aromatic carbocycles. The van der Waals surface area contributed by atoms with Gasteiger partial charge in [0.15, 0.2) is 0 Å². The molecule has 14 heavy (non-hydrogen) atoms. The van der Waals surface area contributed by atoms with Crippen LogP contribution >= 0.6 is 0 Å². The lowest BCUT2D eigenvalue weighted by Gasteiger charge is -2.04. The molecule has 0 amide bonds. The molecule has 0 radical (unpaired) electrons. The zero-order valence-corrected chi connectivity index (χ0v) is 7.82. The summed E-state index contributed by atoms with van der Waals surface area (Å²) in [5, 5.41) is 20.4. The summed E-state index contributed by atoms with van der Waals surface area (Å²) in [4.78, 5) is 14.3. The first-order valence-electron chi connectivity index (χ1n) is 4.17. The van der Waals surface area contributed by atoms with Crippen LogP contribution in [-0.4, -0.2) is 27.7 Å². The molecule has 0 aliphatic carbocycles. The molecule has 5 nitrogen and oxygen atoms in total. The average molecular weight is 196 g/mol. The van der Waals surface area contributed by atoms with E-state index in [1.807, 2.05) is 0 Å². The second-order valence-corrected chi connectivity index (χ2v) is 2.92. The zero-order chi connectivity index (χ0) is 10.6. The Hall–Kier alpha value is -1.62. The van der Waals surface area contributed by atoms with Gasteiger partial charge in [0.2, 0.25) is 0 Å².